The Labute approximate surface area is 155 Å². The van der Waals surface area contributed by atoms with Gasteiger partial charge in [0.15, 0.2) is 0 Å². The quantitative estimate of drug-likeness (QED) is 0.391. The molecule has 2 N–H and O–H groups in total. The second kappa shape index (κ2) is 6.23. The number of H-pyrrole nitrogens is 2. The van der Waals surface area contributed by atoms with Gasteiger partial charge < -0.3 is 9.97 Å². The molecule has 5 heterocycles. The van der Waals surface area contributed by atoms with Gasteiger partial charge in [0.2, 0.25) is 0 Å². The average molecular weight is 385 g/mol. The van der Waals surface area contributed by atoms with Gasteiger partial charge in [-0.2, -0.15) is 0 Å². The zero-order chi connectivity index (χ0) is 15.9. The zero-order valence-corrected chi connectivity index (χ0v) is 15.1. The van der Waals surface area contributed by atoms with Crippen molar-refractivity contribution in [2.24, 2.45) is 0 Å². The molecule has 0 aliphatic carbocycles. The van der Waals surface area contributed by atoms with Crippen molar-refractivity contribution in [1.82, 2.24) is 19.9 Å². The first-order valence-corrected chi connectivity index (χ1v) is 7.85. The average Bonchev–Trinajstić information content (AvgIpc) is 3.32. The molecule has 5 rings (SSSR count). The molecule has 5 heteroatoms. The van der Waals surface area contributed by atoms with E-state index in [-0.39, 0.29) is 18.0 Å². The number of aromatic nitrogens is 4. The molecule has 2 aliphatic heterocycles. The summed E-state index contributed by atoms with van der Waals surface area (Å²) in [4.78, 5) is 16.0. The molecule has 3 aromatic rings. The van der Waals surface area contributed by atoms with Gasteiger partial charge >= 0.3 is 0 Å². The summed E-state index contributed by atoms with van der Waals surface area (Å²) in [5.74, 6) is 0. The molecular weight excluding hydrogens is 371 g/mol. The van der Waals surface area contributed by atoms with Crippen LogP contribution in [0, 0.1) is 0 Å². The molecule has 0 amide bonds. The van der Waals surface area contributed by atoms with Gasteiger partial charge in [-0.1, -0.05) is 0 Å². The minimum Gasteiger partial charge on any atom is -0.355 e. The predicted molar refractivity (Wildman–Crippen MR) is 105 cm³/mol. The Morgan fingerprint density at radius 2 is 0.840 bits per heavy atom. The van der Waals surface area contributed by atoms with Gasteiger partial charge in [-0.05, 0) is 72.8 Å². The molecule has 0 fully saturated rings. The van der Waals surface area contributed by atoms with E-state index in [1.165, 1.54) is 0 Å². The second-order valence-electron chi connectivity index (χ2n) is 5.91. The van der Waals surface area contributed by atoms with E-state index < -0.39 is 0 Å². The molecule has 0 aromatic carbocycles. The summed E-state index contributed by atoms with van der Waals surface area (Å²) in [6.07, 6.45) is 8.05. The normalized spacial score (nSPS) is 12.2. The molecule has 3 radical (unpaired) electrons. The van der Waals surface area contributed by atoms with Gasteiger partial charge in [0.05, 0.1) is 22.8 Å². The van der Waals surface area contributed by atoms with E-state index >= 15 is 0 Å². The molecule has 0 atom stereocenters. The van der Waals surface area contributed by atoms with Crippen LogP contribution in [0.25, 0.3) is 46.4 Å². The molecule has 8 bridgehead atoms. The fourth-order valence-electron chi connectivity index (χ4n) is 2.94. The molecule has 3 aromatic heterocycles. The summed E-state index contributed by atoms with van der Waals surface area (Å²) >= 11 is 0. The number of aromatic amines is 2. The Hall–Kier alpha value is -2.84. The van der Waals surface area contributed by atoms with E-state index in [1.54, 1.807) is 0 Å². The first-order chi connectivity index (χ1) is 11.8. The van der Waals surface area contributed by atoms with Crippen LogP contribution in [-0.2, 0) is 0 Å². The summed E-state index contributed by atoms with van der Waals surface area (Å²) < 4.78 is 0. The molecule has 2 aliphatic rings. The number of nitrogens with one attached hydrogen (secondary N) is 2. The first kappa shape index (κ1) is 15.7. The summed E-state index contributed by atoms with van der Waals surface area (Å²) in [6.45, 7) is 0. The third-order valence-electron chi connectivity index (χ3n) is 4.04. The van der Waals surface area contributed by atoms with Crippen molar-refractivity contribution in [3.05, 3.63) is 71.3 Å². The maximum Gasteiger partial charge on any atom is 0.0659 e. The Morgan fingerprint density at radius 3 is 1.28 bits per heavy atom. The smallest absolute Gasteiger partial charge is 0.0659 e. The van der Waals surface area contributed by atoms with Crippen molar-refractivity contribution in [1.29, 1.82) is 0 Å². The summed E-state index contributed by atoms with van der Waals surface area (Å²) in [5.41, 5.74) is 7.86. The molecule has 0 unspecified atom stereocenters. The number of nitrogens with zero attached hydrogens (tertiary/aromatic N) is 2. The van der Waals surface area contributed by atoms with Crippen molar-refractivity contribution in [2.45, 2.75) is 0 Å². The topological polar surface area (TPSA) is 57.4 Å². The zero-order valence-electron chi connectivity index (χ0n) is 13.3. The van der Waals surface area contributed by atoms with Gasteiger partial charge in [0, 0.05) is 40.0 Å². The van der Waals surface area contributed by atoms with Crippen molar-refractivity contribution in [3.63, 3.8) is 0 Å². The summed E-state index contributed by atoms with van der Waals surface area (Å²) in [5, 5.41) is 0. The van der Waals surface area contributed by atoms with Gasteiger partial charge in [-0.3, -0.25) is 0 Å². The van der Waals surface area contributed by atoms with Crippen LogP contribution in [0.15, 0.2) is 48.5 Å². The number of hydrogen-bond donors (Lipinski definition) is 2. The third kappa shape index (κ3) is 3.21. The van der Waals surface area contributed by atoms with E-state index in [1.807, 2.05) is 42.5 Å². The van der Waals surface area contributed by atoms with Crippen LogP contribution in [0.2, 0.25) is 0 Å². The standard InChI is InChI=1S/C20H14N4.As/c1-2-14-10-16-5-6-18(23-16)12-20-8-7-19(24-20)11-17-4-3-15(22-17)9-13(1)21-14;/h1-12,21-22H;. The van der Waals surface area contributed by atoms with Gasteiger partial charge in [0.1, 0.15) is 0 Å². The van der Waals surface area contributed by atoms with E-state index in [2.05, 4.69) is 50.3 Å². The SMILES string of the molecule is C1=Cc2cc3ccc(cc4ccc(cc5nc(cc1n2)C=C5)[nH]4)[nH]3.[As]. The van der Waals surface area contributed by atoms with Crippen LogP contribution in [0.1, 0.15) is 22.8 Å². The number of fused-ring (bicyclic) bond motifs is 8. The van der Waals surface area contributed by atoms with E-state index in [9.17, 15) is 0 Å². The van der Waals surface area contributed by atoms with Crippen LogP contribution in [0.4, 0.5) is 0 Å². The van der Waals surface area contributed by atoms with Crippen molar-refractivity contribution >= 4 is 64.3 Å². The van der Waals surface area contributed by atoms with Gasteiger partial charge in [0.25, 0.3) is 0 Å². The van der Waals surface area contributed by atoms with Crippen LogP contribution < -0.4 is 0 Å². The molecule has 0 saturated carbocycles. The minimum atomic E-state index is 0. The fraction of sp³-hybridized carbons (Fsp3) is 0. The summed E-state index contributed by atoms with van der Waals surface area (Å²) in [7, 11) is 0. The Morgan fingerprint density at radius 1 is 0.480 bits per heavy atom. The van der Waals surface area contributed by atoms with E-state index in [0.29, 0.717) is 0 Å². The molecule has 0 spiro atoms. The molecule has 119 valence electrons. The Bertz CT molecular complexity index is 1080. The van der Waals surface area contributed by atoms with Crippen LogP contribution in [0.3, 0.4) is 0 Å². The number of rotatable bonds is 0. The fourth-order valence-corrected chi connectivity index (χ4v) is 2.94. The van der Waals surface area contributed by atoms with E-state index in [0.717, 1.165) is 44.8 Å². The maximum atomic E-state index is 4.62. The van der Waals surface area contributed by atoms with Crippen molar-refractivity contribution < 1.29 is 0 Å². The maximum absolute atomic E-state index is 4.62. The van der Waals surface area contributed by atoms with Crippen LogP contribution >= 0.6 is 0 Å². The molecule has 0 saturated heterocycles. The molecule has 25 heavy (non-hydrogen) atoms. The predicted octanol–water partition coefficient (Wildman–Crippen LogP) is 4.27. The summed E-state index contributed by atoms with van der Waals surface area (Å²) in [6, 6.07) is 16.4. The monoisotopic (exact) mass is 385 g/mol. The van der Waals surface area contributed by atoms with Crippen LogP contribution in [0.5, 0.6) is 0 Å². The first-order valence-electron chi connectivity index (χ1n) is 7.85. The third-order valence-corrected chi connectivity index (χ3v) is 4.04. The largest absolute Gasteiger partial charge is 0.355 e. The van der Waals surface area contributed by atoms with Crippen molar-refractivity contribution in [2.75, 3.05) is 0 Å². The molecule has 4 nitrogen and oxygen atoms in total. The van der Waals surface area contributed by atoms with Gasteiger partial charge in [-0.15, -0.1) is 0 Å². The number of hydrogen-bond acceptors (Lipinski definition) is 2. The van der Waals surface area contributed by atoms with Crippen molar-refractivity contribution in [3.8, 4) is 0 Å². The van der Waals surface area contributed by atoms with Crippen LogP contribution in [-0.4, -0.2) is 37.9 Å². The van der Waals surface area contributed by atoms with E-state index in [4.69, 9.17) is 0 Å². The minimum absolute atomic E-state index is 0. The second-order valence-corrected chi connectivity index (χ2v) is 5.91. The van der Waals surface area contributed by atoms with Gasteiger partial charge in [-0.25, -0.2) is 9.97 Å². The molecular formula is C20H14AsN4. The Kier molecular flexibility index (Phi) is 3.90. The Balaban J connectivity index is 0.00000157.